The van der Waals surface area contributed by atoms with E-state index < -0.39 is 36.4 Å². The fraction of sp³-hybridized carbons (Fsp3) is 0.667. The van der Waals surface area contributed by atoms with E-state index in [0.29, 0.717) is 5.56 Å². The molecule has 1 aromatic carbocycles. The summed E-state index contributed by atoms with van der Waals surface area (Å²) in [5.41, 5.74) is 0.645. The summed E-state index contributed by atoms with van der Waals surface area (Å²) in [6.07, 6.45) is 12.6. The molecule has 0 fully saturated rings. The number of ether oxygens (including phenoxy) is 2. The van der Waals surface area contributed by atoms with Crippen LogP contribution >= 0.6 is 0 Å². The zero-order valence-corrected chi connectivity index (χ0v) is 25.9. The van der Waals surface area contributed by atoms with Crippen LogP contribution in [0, 0.1) is 0 Å². The number of unbranched alkanes of at least 4 members (excludes halogenated alkanes) is 5. The van der Waals surface area contributed by atoms with Gasteiger partial charge in [-0.05, 0) is 0 Å². The van der Waals surface area contributed by atoms with Crippen molar-refractivity contribution >= 4 is 30.3 Å². The SMILES string of the molecule is CCCCC[C@@H](/C=[CH]/[Sn]([CH2]CCC)([CH2]CCC)[CH2]CCC)OC(=O)[C@@H](OC(C)=O)c1ccccc1. The molecule has 35 heavy (non-hydrogen) atoms. The number of benzene rings is 1. The molecule has 0 aliphatic carbocycles. The molecule has 1 aromatic rings. The number of esters is 2. The van der Waals surface area contributed by atoms with Crippen LogP contribution in [0.3, 0.4) is 0 Å². The molecule has 0 aliphatic rings. The predicted molar refractivity (Wildman–Crippen MR) is 149 cm³/mol. The molecule has 0 bridgehead atoms. The Kier molecular flexibility index (Phi) is 17.1. The molecule has 0 heterocycles. The minimum atomic E-state index is -2.49. The summed E-state index contributed by atoms with van der Waals surface area (Å²) >= 11 is -2.49. The maximum atomic E-state index is 13.2. The molecule has 0 unspecified atom stereocenters. The van der Waals surface area contributed by atoms with Crippen molar-refractivity contribution in [1.29, 1.82) is 0 Å². The first-order valence-corrected chi connectivity index (χ1v) is 21.7. The summed E-state index contributed by atoms with van der Waals surface area (Å²) in [4.78, 5) is 25.0. The number of rotatable bonds is 19. The van der Waals surface area contributed by atoms with E-state index in [1.807, 2.05) is 18.2 Å². The maximum absolute atomic E-state index is 13.2. The topological polar surface area (TPSA) is 52.6 Å². The van der Waals surface area contributed by atoms with E-state index in [4.69, 9.17) is 9.47 Å². The summed E-state index contributed by atoms with van der Waals surface area (Å²) in [6.45, 7) is 10.4. The molecule has 0 saturated heterocycles. The van der Waals surface area contributed by atoms with Crippen molar-refractivity contribution in [3.63, 3.8) is 0 Å². The van der Waals surface area contributed by atoms with E-state index in [0.717, 1.165) is 25.7 Å². The van der Waals surface area contributed by atoms with E-state index in [1.165, 1.54) is 58.8 Å². The van der Waals surface area contributed by atoms with Crippen LogP contribution in [0.1, 0.15) is 110 Å². The average Bonchev–Trinajstić information content (AvgIpc) is 2.86. The molecule has 4 nitrogen and oxygen atoms in total. The van der Waals surface area contributed by atoms with Crippen molar-refractivity contribution in [2.24, 2.45) is 0 Å². The first-order valence-electron chi connectivity index (χ1n) is 14.0. The first-order chi connectivity index (χ1) is 16.9. The van der Waals surface area contributed by atoms with Gasteiger partial charge in [-0.1, -0.05) is 0 Å². The van der Waals surface area contributed by atoms with E-state index >= 15 is 0 Å². The van der Waals surface area contributed by atoms with Crippen LogP contribution in [-0.2, 0) is 19.1 Å². The number of hydrogen-bond acceptors (Lipinski definition) is 4. The number of carbonyl (C=O) groups excluding carboxylic acids is 2. The van der Waals surface area contributed by atoms with E-state index in [1.54, 1.807) is 12.1 Å². The molecule has 0 spiro atoms. The normalized spacial score (nSPS) is 13.5. The molecule has 0 N–H and O–H groups in total. The third-order valence-electron chi connectivity index (χ3n) is 6.71. The van der Waals surface area contributed by atoms with Crippen molar-refractivity contribution in [3.8, 4) is 0 Å². The zero-order valence-electron chi connectivity index (χ0n) is 23.0. The van der Waals surface area contributed by atoms with Crippen LogP contribution in [0.4, 0.5) is 0 Å². The zero-order chi connectivity index (χ0) is 25.9. The predicted octanol–water partition coefficient (Wildman–Crippen LogP) is 8.73. The van der Waals surface area contributed by atoms with E-state index in [9.17, 15) is 9.59 Å². The Balaban J connectivity index is 3.17. The van der Waals surface area contributed by atoms with Crippen LogP contribution in [0.25, 0.3) is 0 Å². The molecule has 0 aromatic heterocycles. The Morgan fingerprint density at radius 2 is 1.34 bits per heavy atom. The second kappa shape index (κ2) is 18.9. The number of carbonyl (C=O) groups is 2. The second-order valence-corrected chi connectivity index (χ2v) is 22.9. The van der Waals surface area contributed by atoms with Crippen LogP contribution in [0.15, 0.2) is 40.5 Å². The van der Waals surface area contributed by atoms with Crippen molar-refractivity contribution in [3.05, 3.63) is 46.1 Å². The monoisotopic (exact) mass is 594 g/mol. The van der Waals surface area contributed by atoms with Gasteiger partial charge in [0.1, 0.15) is 0 Å². The standard InChI is InChI=1S/C18H23O4.3C4H9.Sn/c1-4-6-8-13-16(5-2)22-18(20)17(21-14(3)19)15-11-9-7-10-12-15;3*1-3-4-2;/h2,5,7,9-12,16-17H,4,6,8,13H2,1,3H3;3*1,3-4H2,2H3;/t16-,17+;;;;/m1..../s1. The minimum absolute atomic E-state index is 0.267. The fourth-order valence-corrected chi connectivity index (χ4v) is 19.0. The number of hydrogen-bond donors (Lipinski definition) is 0. The quantitative estimate of drug-likeness (QED) is 0.0915. The van der Waals surface area contributed by atoms with Gasteiger partial charge in [-0.2, -0.15) is 0 Å². The Morgan fingerprint density at radius 1 is 0.800 bits per heavy atom. The fourth-order valence-electron chi connectivity index (χ4n) is 4.57. The summed E-state index contributed by atoms with van der Waals surface area (Å²) < 4.78 is 18.2. The second-order valence-electron chi connectivity index (χ2n) is 9.90. The average molecular weight is 593 g/mol. The molecule has 198 valence electrons. The Labute approximate surface area is 219 Å². The van der Waals surface area contributed by atoms with Gasteiger partial charge in [0.25, 0.3) is 0 Å². The molecule has 0 aliphatic heterocycles. The first kappa shape index (κ1) is 31.7. The molecule has 5 heteroatoms. The van der Waals surface area contributed by atoms with Crippen LogP contribution in [-0.4, -0.2) is 36.4 Å². The summed E-state index contributed by atoms with van der Waals surface area (Å²) in [7, 11) is 0. The summed E-state index contributed by atoms with van der Waals surface area (Å²) in [5, 5.41) is 0. The Hall–Kier alpha value is -1.30. The van der Waals surface area contributed by atoms with Gasteiger partial charge in [0.15, 0.2) is 0 Å². The van der Waals surface area contributed by atoms with Gasteiger partial charge in [0, 0.05) is 0 Å². The van der Waals surface area contributed by atoms with Gasteiger partial charge < -0.3 is 0 Å². The molecule has 0 radical (unpaired) electrons. The van der Waals surface area contributed by atoms with Crippen molar-refractivity contribution in [2.45, 2.75) is 124 Å². The Morgan fingerprint density at radius 3 is 1.83 bits per heavy atom. The third kappa shape index (κ3) is 13.0. The van der Waals surface area contributed by atoms with Gasteiger partial charge in [0.05, 0.1) is 0 Å². The van der Waals surface area contributed by atoms with Gasteiger partial charge in [-0.25, -0.2) is 0 Å². The summed E-state index contributed by atoms with van der Waals surface area (Å²) in [5.74, 6) is -0.961. The molecule has 0 saturated carbocycles. The van der Waals surface area contributed by atoms with E-state index in [-0.39, 0.29) is 6.10 Å². The van der Waals surface area contributed by atoms with Crippen molar-refractivity contribution in [1.82, 2.24) is 0 Å². The van der Waals surface area contributed by atoms with Crippen LogP contribution in [0.5, 0.6) is 0 Å². The van der Waals surface area contributed by atoms with Crippen molar-refractivity contribution < 1.29 is 19.1 Å². The van der Waals surface area contributed by atoms with E-state index in [2.05, 4.69) is 37.9 Å². The summed E-state index contributed by atoms with van der Waals surface area (Å²) in [6, 6.07) is 9.17. The molecular weight excluding hydrogens is 543 g/mol. The van der Waals surface area contributed by atoms with Crippen LogP contribution < -0.4 is 0 Å². The molecule has 2 atom stereocenters. The van der Waals surface area contributed by atoms with Crippen LogP contribution in [0.2, 0.25) is 13.3 Å². The molecular formula is C30H50O4Sn. The van der Waals surface area contributed by atoms with Gasteiger partial charge in [-0.15, -0.1) is 0 Å². The molecule has 1 rings (SSSR count). The van der Waals surface area contributed by atoms with Gasteiger partial charge >= 0.3 is 220 Å². The van der Waals surface area contributed by atoms with Gasteiger partial charge in [0.2, 0.25) is 0 Å². The Bertz CT molecular complexity index is 709. The third-order valence-corrected chi connectivity index (χ3v) is 20.8. The van der Waals surface area contributed by atoms with Crippen molar-refractivity contribution in [2.75, 3.05) is 0 Å². The molecule has 0 amide bonds. The van der Waals surface area contributed by atoms with Gasteiger partial charge in [-0.3, -0.25) is 0 Å².